The van der Waals surface area contributed by atoms with Gasteiger partial charge < -0.3 is 5.32 Å². The highest BCUT2D eigenvalue weighted by Gasteiger charge is 2.00. The van der Waals surface area contributed by atoms with E-state index in [1.165, 1.54) is 0 Å². The van der Waals surface area contributed by atoms with Crippen molar-refractivity contribution in [2.45, 2.75) is 13.5 Å². The van der Waals surface area contributed by atoms with E-state index in [-0.39, 0.29) is 0 Å². The lowest BCUT2D eigenvalue weighted by Gasteiger charge is -2.03. The van der Waals surface area contributed by atoms with Gasteiger partial charge in [-0.05, 0) is 24.2 Å². The number of halogens is 1. The molecular formula is C13H14ClN3. The highest BCUT2D eigenvalue weighted by Crippen LogP contribution is 2.21. The van der Waals surface area contributed by atoms with Crippen molar-refractivity contribution in [3.8, 4) is 11.1 Å². The van der Waals surface area contributed by atoms with E-state index in [0.29, 0.717) is 6.54 Å². The molecule has 1 aromatic heterocycles. The average molecular weight is 248 g/mol. The topological polar surface area (TPSA) is 37.8 Å². The van der Waals surface area contributed by atoms with Crippen molar-refractivity contribution in [1.82, 2.24) is 15.3 Å². The highest BCUT2D eigenvalue weighted by atomic mass is 35.5. The van der Waals surface area contributed by atoms with Crippen LogP contribution in [0.2, 0.25) is 5.02 Å². The zero-order valence-corrected chi connectivity index (χ0v) is 10.4. The molecule has 88 valence electrons. The first kappa shape index (κ1) is 12.0. The molecule has 0 unspecified atom stereocenters. The fourth-order valence-electron chi connectivity index (χ4n) is 1.50. The fraction of sp³-hybridized carbons (Fsp3) is 0.231. The number of hydrogen-bond donors (Lipinski definition) is 1. The van der Waals surface area contributed by atoms with Gasteiger partial charge in [0.2, 0.25) is 0 Å². The molecule has 0 saturated carbocycles. The van der Waals surface area contributed by atoms with Crippen LogP contribution in [0.3, 0.4) is 0 Å². The Labute approximate surface area is 106 Å². The van der Waals surface area contributed by atoms with Crippen LogP contribution < -0.4 is 5.32 Å². The Morgan fingerprint density at radius 3 is 2.59 bits per heavy atom. The van der Waals surface area contributed by atoms with Gasteiger partial charge in [0, 0.05) is 23.0 Å². The van der Waals surface area contributed by atoms with Gasteiger partial charge in [0.15, 0.2) is 0 Å². The maximum absolute atomic E-state index is 5.94. The Kier molecular flexibility index (Phi) is 4.07. The second-order valence-electron chi connectivity index (χ2n) is 3.68. The molecule has 1 aromatic carbocycles. The van der Waals surface area contributed by atoms with Gasteiger partial charge in [-0.3, -0.25) is 0 Å². The SMILES string of the molecule is CCNCc1ncc(-c2cccc(Cl)c2)cn1. The zero-order valence-electron chi connectivity index (χ0n) is 9.65. The van der Waals surface area contributed by atoms with E-state index >= 15 is 0 Å². The van der Waals surface area contributed by atoms with Crippen LogP contribution in [0.4, 0.5) is 0 Å². The molecule has 0 aliphatic rings. The summed E-state index contributed by atoms with van der Waals surface area (Å²) in [6.07, 6.45) is 3.65. The van der Waals surface area contributed by atoms with Crippen LogP contribution in [0.1, 0.15) is 12.7 Å². The maximum atomic E-state index is 5.94. The number of aromatic nitrogens is 2. The van der Waals surface area contributed by atoms with Crippen LogP contribution in [0.25, 0.3) is 11.1 Å². The van der Waals surface area contributed by atoms with Crippen LogP contribution in [-0.2, 0) is 6.54 Å². The molecule has 1 heterocycles. The van der Waals surface area contributed by atoms with Gasteiger partial charge in [-0.15, -0.1) is 0 Å². The monoisotopic (exact) mass is 247 g/mol. The molecule has 0 atom stereocenters. The third-order valence-electron chi connectivity index (χ3n) is 2.40. The number of benzene rings is 1. The Morgan fingerprint density at radius 1 is 1.18 bits per heavy atom. The molecule has 0 fully saturated rings. The minimum Gasteiger partial charge on any atom is -0.310 e. The molecule has 0 radical (unpaired) electrons. The van der Waals surface area contributed by atoms with Gasteiger partial charge in [-0.2, -0.15) is 0 Å². The summed E-state index contributed by atoms with van der Waals surface area (Å²) in [6, 6.07) is 7.68. The van der Waals surface area contributed by atoms with E-state index in [2.05, 4.69) is 22.2 Å². The molecule has 2 rings (SSSR count). The van der Waals surface area contributed by atoms with E-state index in [0.717, 1.165) is 28.5 Å². The first-order valence-corrected chi connectivity index (χ1v) is 5.95. The van der Waals surface area contributed by atoms with Crippen molar-refractivity contribution in [3.05, 3.63) is 47.5 Å². The Balaban J connectivity index is 2.17. The summed E-state index contributed by atoms with van der Waals surface area (Å²) >= 11 is 5.94. The normalized spacial score (nSPS) is 10.5. The second-order valence-corrected chi connectivity index (χ2v) is 4.12. The van der Waals surface area contributed by atoms with E-state index in [1.54, 1.807) is 0 Å². The van der Waals surface area contributed by atoms with Gasteiger partial charge >= 0.3 is 0 Å². The predicted octanol–water partition coefficient (Wildman–Crippen LogP) is 2.91. The quantitative estimate of drug-likeness (QED) is 0.903. The second kappa shape index (κ2) is 5.75. The molecule has 0 saturated heterocycles. The summed E-state index contributed by atoms with van der Waals surface area (Å²) in [7, 11) is 0. The van der Waals surface area contributed by atoms with Crippen molar-refractivity contribution in [2.75, 3.05) is 6.54 Å². The number of nitrogens with zero attached hydrogens (tertiary/aromatic N) is 2. The minimum absolute atomic E-state index is 0.701. The zero-order chi connectivity index (χ0) is 12.1. The molecule has 0 amide bonds. The van der Waals surface area contributed by atoms with Crippen molar-refractivity contribution in [1.29, 1.82) is 0 Å². The summed E-state index contributed by atoms with van der Waals surface area (Å²) in [5.41, 5.74) is 2.01. The van der Waals surface area contributed by atoms with Crippen LogP contribution in [0.5, 0.6) is 0 Å². The van der Waals surface area contributed by atoms with Crippen LogP contribution >= 0.6 is 11.6 Å². The summed E-state index contributed by atoms with van der Waals surface area (Å²) < 4.78 is 0. The third kappa shape index (κ3) is 3.25. The lowest BCUT2D eigenvalue weighted by atomic mass is 10.1. The third-order valence-corrected chi connectivity index (χ3v) is 2.63. The molecule has 0 aliphatic carbocycles. The molecule has 0 aliphatic heterocycles. The average Bonchev–Trinajstić information content (AvgIpc) is 2.37. The van der Waals surface area contributed by atoms with Crippen molar-refractivity contribution in [2.24, 2.45) is 0 Å². The van der Waals surface area contributed by atoms with Crippen molar-refractivity contribution < 1.29 is 0 Å². The molecule has 3 nitrogen and oxygen atoms in total. The lowest BCUT2D eigenvalue weighted by Crippen LogP contribution is -2.14. The van der Waals surface area contributed by atoms with Crippen molar-refractivity contribution >= 4 is 11.6 Å². The number of hydrogen-bond acceptors (Lipinski definition) is 3. The standard InChI is InChI=1S/C13H14ClN3/c1-2-15-9-13-16-7-11(8-17-13)10-4-3-5-12(14)6-10/h3-8,15H,2,9H2,1H3. The van der Waals surface area contributed by atoms with E-state index in [9.17, 15) is 0 Å². The first-order valence-electron chi connectivity index (χ1n) is 5.57. The van der Waals surface area contributed by atoms with E-state index in [4.69, 9.17) is 11.6 Å². The van der Waals surface area contributed by atoms with Crippen LogP contribution in [0.15, 0.2) is 36.7 Å². The number of rotatable bonds is 4. The summed E-state index contributed by atoms with van der Waals surface area (Å²) in [4.78, 5) is 8.61. The van der Waals surface area contributed by atoms with Gasteiger partial charge in [0.05, 0.1) is 6.54 Å². The van der Waals surface area contributed by atoms with Gasteiger partial charge in [0.1, 0.15) is 5.82 Å². The lowest BCUT2D eigenvalue weighted by molar-refractivity contribution is 0.690. The van der Waals surface area contributed by atoms with E-state index < -0.39 is 0 Å². The molecule has 1 N–H and O–H groups in total. The van der Waals surface area contributed by atoms with Crippen LogP contribution in [0, 0.1) is 0 Å². The summed E-state index contributed by atoms with van der Waals surface area (Å²) in [5, 5.41) is 3.91. The summed E-state index contributed by atoms with van der Waals surface area (Å²) in [5.74, 6) is 0.803. The largest absolute Gasteiger partial charge is 0.310 e. The van der Waals surface area contributed by atoms with Gasteiger partial charge in [-0.25, -0.2) is 9.97 Å². The molecule has 4 heteroatoms. The van der Waals surface area contributed by atoms with Gasteiger partial charge in [-0.1, -0.05) is 30.7 Å². The van der Waals surface area contributed by atoms with E-state index in [1.807, 2.05) is 36.7 Å². The summed E-state index contributed by atoms with van der Waals surface area (Å²) in [6.45, 7) is 3.67. The Hall–Kier alpha value is -1.45. The molecule has 0 spiro atoms. The smallest absolute Gasteiger partial charge is 0.141 e. The first-order chi connectivity index (χ1) is 8.29. The minimum atomic E-state index is 0.701. The fourth-order valence-corrected chi connectivity index (χ4v) is 1.69. The molecule has 17 heavy (non-hydrogen) atoms. The maximum Gasteiger partial charge on any atom is 0.141 e. The molecule has 2 aromatic rings. The number of nitrogens with one attached hydrogen (secondary N) is 1. The predicted molar refractivity (Wildman–Crippen MR) is 69.9 cm³/mol. The van der Waals surface area contributed by atoms with Gasteiger partial charge in [0.25, 0.3) is 0 Å². The van der Waals surface area contributed by atoms with Crippen LogP contribution in [-0.4, -0.2) is 16.5 Å². The Morgan fingerprint density at radius 2 is 1.94 bits per heavy atom. The molecule has 0 bridgehead atoms. The highest BCUT2D eigenvalue weighted by molar-refractivity contribution is 6.30. The van der Waals surface area contributed by atoms with Crippen molar-refractivity contribution in [3.63, 3.8) is 0 Å². The Bertz CT molecular complexity index is 482. The molecular weight excluding hydrogens is 234 g/mol.